The molecule has 1 fully saturated rings. The van der Waals surface area contributed by atoms with E-state index >= 15 is 0 Å². The summed E-state index contributed by atoms with van der Waals surface area (Å²) in [6, 6.07) is 9.90. The first-order chi connectivity index (χ1) is 9.38. The molecular weight excluding hydrogens is 276 g/mol. The molecule has 0 bridgehead atoms. The number of esters is 1. The second kappa shape index (κ2) is 6.16. The molecule has 4 nitrogen and oxygen atoms in total. The van der Waals surface area contributed by atoms with Crippen molar-refractivity contribution < 1.29 is 19.4 Å². The van der Waals surface area contributed by atoms with Crippen LogP contribution in [0.2, 0.25) is 0 Å². The van der Waals surface area contributed by atoms with E-state index in [-0.39, 0.29) is 11.5 Å². The van der Waals surface area contributed by atoms with Crippen molar-refractivity contribution in [2.75, 3.05) is 0 Å². The second-order valence-electron chi connectivity index (χ2n) is 5.29. The highest BCUT2D eigenvalue weighted by atomic mass is 32.2. The molecule has 1 aromatic carbocycles. The predicted molar refractivity (Wildman–Crippen MR) is 77.4 cm³/mol. The van der Waals surface area contributed by atoms with Gasteiger partial charge in [-0.15, -0.1) is 0 Å². The fourth-order valence-electron chi connectivity index (χ4n) is 2.44. The van der Waals surface area contributed by atoms with Crippen LogP contribution in [0.3, 0.4) is 0 Å². The van der Waals surface area contributed by atoms with Crippen molar-refractivity contribution in [2.45, 2.75) is 55.3 Å². The summed E-state index contributed by atoms with van der Waals surface area (Å²) in [6.45, 7) is 4.85. The molecule has 1 aliphatic rings. The van der Waals surface area contributed by atoms with Crippen LogP contribution in [0.4, 0.5) is 0 Å². The molecule has 0 aromatic heterocycles. The van der Waals surface area contributed by atoms with Crippen molar-refractivity contribution in [3.63, 3.8) is 0 Å². The monoisotopic (exact) mass is 296 g/mol. The molecule has 1 aromatic rings. The zero-order valence-electron chi connectivity index (χ0n) is 11.9. The standard InChI is InChI=1S/C15H20O4S/c1-10-14(19-11(2)16)15(3,17)9-13(18-10)20-12-7-5-4-6-8-12/h4-8,10,13-14,17H,9H2,1-3H3. The molecule has 110 valence electrons. The summed E-state index contributed by atoms with van der Waals surface area (Å²) in [7, 11) is 0. The van der Waals surface area contributed by atoms with Crippen LogP contribution in [-0.4, -0.2) is 34.3 Å². The Hall–Kier alpha value is -1.04. The van der Waals surface area contributed by atoms with Gasteiger partial charge in [-0.05, 0) is 26.0 Å². The average Bonchev–Trinajstić information content (AvgIpc) is 2.34. The molecule has 1 N–H and O–H groups in total. The molecule has 1 aliphatic heterocycles. The molecule has 1 heterocycles. The van der Waals surface area contributed by atoms with Gasteiger partial charge in [0.05, 0.1) is 6.10 Å². The molecule has 1 saturated heterocycles. The molecule has 0 amide bonds. The summed E-state index contributed by atoms with van der Waals surface area (Å²) in [4.78, 5) is 12.2. The largest absolute Gasteiger partial charge is 0.457 e. The van der Waals surface area contributed by atoms with Gasteiger partial charge in [0.1, 0.15) is 11.0 Å². The molecule has 4 atom stereocenters. The quantitative estimate of drug-likeness (QED) is 0.869. The van der Waals surface area contributed by atoms with E-state index in [0.717, 1.165) is 4.90 Å². The van der Waals surface area contributed by atoms with E-state index in [1.165, 1.54) is 6.92 Å². The van der Waals surface area contributed by atoms with E-state index in [1.54, 1.807) is 18.7 Å². The molecule has 0 aliphatic carbocycles. The minimum absolute atomic E-state index is 0.158. The van der Waals surface area contributed by atoms with Gasteiger partial charge in [-0.2, -0.15) is 0 Å². The van der Waals surface area contributed by atoms with Crippen molar-refractivity contribution in [3.8, 4) is 0 Å². The SMILES string of the molecule is CC(=O)OC1C(C)OC(Sc2ccccc2)CC1(C)O. The predicted octanol–water partition coefficient (Wildman–Crippen LogP) is 2.60. The molecule has 0 radical (unpaired) electrons. The zero-order valence-corrected chi connectivity index (χ0v) is 12.7. The number of rotatable bonds is 3. The van der Waals surface area contributed by atoms with Gasteiger partial charge in [0.15, 0.2) is 6.10 Å². The first-order valence-electron chi connectivity index (χ1n) is 6.65. The normalized spacial score (nSPS) is 33.7. The van der Waals surface area contributed by atoms with Gasteiger partial charge in [0, 0.05) is 18.2 Å². The Morgan fingerprint density at radius 1 is 1.45 bits per heavy atom. The van der Waals surface area contributed by atoms with Crippen LogP contribution in [-0.2, 0) is 14.3 Å². The zero-order chi connectivity index (χ0) is 14.8. The fraction of sp³-hybridized carbons (Fsp3) is 0.533. The summed E-state index contributed by atoms with van der Waals surface area (Å²) in [5.74, 6) is -0.403. The average molecular weight is 296 g/mol. The lowest BCUT2D eigenvalue weighted by Crippen LogP contribution is -2.55. The molecule has 0 saturated carbocycles. The molecular formula is C15H20O4S. The second-order valence-corrected chi connectivity index (χ2v) is 6.53. The number of thioether (sulfide) groups is 1. The molecule has 20 heavy (non-hydrogen) atoms. The van der Waals surface area contributed by atoms with Crippen LogP contribution in [0.25, 0.3) is 0 Å². The van der Waals surface area contributed by atoms with Crippen molar-refractivity contribution in [1.82, 2.24) is 0 Å². The Bertz CT molecular complexity index is 460. The van der Waals surface area contributed by atoms with E-state index < -0.39 is 17.7 Å². The number of aliphatic hydroxyl groups is 1. The fourth-order valence-corrected chi connectivity index (χ4v) is 3.71. The van der Waals surface area contributed by atoms with E-state index in [9.17, 15) is 9.90 Å². The summed E-state index contributed by atoms with van der Waals surface area (Å²) in [5.41, 5.74) is -1.25. The van der Waals surface area contributed by atoms with Gasteiger partial charge in [0.2, 0.25) is 0 Å². The summed E-state index contributed by atoms with van der Waals surface area (Å²) in [5, 5.41) is 10.5. The number of hydrogen-bond donors (Lipinski definition) is 1. The van der Waals surface area contributed by atoms with Crippen LogP contribution in [0.15, 0.2) is 35.2 Å². The summed E-state index contributed by atoms with van der Waals surface area (Å²) < 4.78 is 11.1. The van der Waals surface area contributed by atoms with Crippen molar-refractivity contribution >= 4 is 17.7 Å². The Balaban J connectivity index is 2.05. The minimum atomic E-state index is -1.09. The highest BCUT2D eigenvalue weighted by Gasteiger charge is 2.46. The van der Waals surface area contributed by atoms with Gasteiger partial charge in [-0.1, -0.05) is 30.0 Å². The van der Waals surface area contributed by atoms with Crippen LogP contribution < -0.4 is 0 Å². The number of carbonyl (C=O) groups is 1. The Labute approximate surface area is 123 Å². The van der Waals surface area contributed by atoms with E-state index in [4.69, 9.17) is 9.47 Å². The third kappa shape index (κ3) is 3.75. The Kier molecular flexibility index (Phi) is 4.73. The van der Waals surface area contributed by atoms with E-state index in [2.05, 4.69) is 0 Å². The topological polar surface area (TPSA) is 55.8 Å². The number of benzene rings is 1. The highest BCUT2D eigenvalue weighted by Crippen LogP contribution is 2.38. The summed E-state index contributed by atoms with van der Waals surface area (Å²) in [6.07, 6.45) is -0.564. The van der Waals surface area contributed by atoms with Crippen molar-refractivity contribution in [3.05, 3.63) is 30.3 Å². The highest BCUT2D eigenvalue weighted by molar-refractivity contribution is 7.99. The van der Waals surface area contributed by atoms with Gasteiger partial charge in [-0.25, -0.2) is 0 Å². The van der Waals surface area contributed by atoms with Gasteiger partial charge >= 0.3 is 5.97 Å². The first-order valence-corrected chi connectivity index (χ1v) is 7.53. The van der Waals surface area contributed by atoms with Gasteiger partial charge in [-0.3, -0.25) is 4.79 Å². The van der Waals surface area contributed by atoms with E-state index in [1.807, 2.05) is 37.3 Å². The molecule has 0 spiro atoms. The first kappa shape index (κ1) is 15.4. The lowest BCUT2D eigenvalue weighted by atomic mass is 9.89. The van der Waals surface area contributed by atoms with E-state index in [0.29, 0.717) is 6.42 Å². The van der Waals surface area contributed by atoms with Crippen LogP contribution >= 0.6 is 11.8 Å². The number of hydrogen-bond acceptors (Lipinski definition) is 5. The molecule has 5 heteroatoms. The maximum Gasteiger partial charge on any atom is 0.303 e. The minimum Gasteiger partial charge on any atom is -0.457 e. The van der Waals surface area contributed by atoms with Crippen LogP contribution in [0.1, 0.15) is 27.2 Å². The smallest absolute Gasteiger partial charge is 0.303 e. The molecule has 2 rings (SSSR count). The third-order valence-corrected chi connectivity index (χ3v) is 4.37. The number of ether oxygens (including phenoxy) is 2. The molecule has 4 unspecified atom stereocenters. The lowest BCUT2D eigenvalue weighted by Gasteiger charge is -2.43. The van der Waals surface area contributed by atoms with Crippen molar-refractivity contribution in [2.24, 2.45) is 0 Å². The van der Waals surface area contributed by atoms with Gasteiger partial charge < -0.3 is 14.6 Å². The van der Waals surface area contributed by atoms with Crippen molar-refractivity contribution in [1.29, 1.82) is 0 Å². The summed E-state index contributed by atoms with van der Waals surface area (Å²) >= 11 is 1.57. The van der Waals surface area contributed by atoms with Gasteiger partial charge in [0.25, 0.3) is 0 Å². The van der Waals surface area contributed by atoms with Crippen LogP contribution in [0.5, 0.6) is 0 Å². The Morgan fingerprint density at radius 3 is 2.65 bits per heavy atom. The number of carbonyl (C=O) groups excluding carboxylic acids is 1. The Morgan fingerprint density at radius 2 is 2.10 bits per heavy atom. The maximum atomic E-state index is 11.1. The lowest BCUT2D eigenvalue weighted by molar-refractivity contribution is -0.207. The third-order valence-electron chi connectivity index (χ3n) is 3.29. The maximum absolute atomic E-state index is 11.1. The van der Waals surface area contributed by atoms with Crippen LogP contribution in [0, 0.1) is 0 Å².